The van der Waals surface area contributed by atoms with Crippen molar-refractivity contribution in [2.45, 2.75) is 58.0 Å². The van der Waals surface area contributed by atoms with Gasteiger partial charge < -0.3 is 20.5 Å². The van der Waals surface area contributed by atoms with Crippen LogP contribution in [0.25, 0.3) is 0 Å². The minimum absolute atomic E-state index is 0. The SMILES string of the molecule is CC(C)Oc1cccc(C(C)NC(=O)[C@@H]2CC[C@H](CN)O2)c1.Cl. The van der Waals surface area contributed by atoms with E-state index in [0.717, 1.165) is 24.2 Å². The Morgan fingerprint density at radius 3 is 2.74 bits per heavy atom. The number of hydrogen-bond donors (Lipinski definition) is 2. The number of carbonyl (C=O) groups excluding carboxylic acids is 1. The summed E-state index contributed by atoms with van der Waals surface area (Å²) in [6.07, 6.45) is 1.33. The molecule has 0 spiro atoms. The minimum atomic E-state index is -0.383. The van der Waals surface area contributed by atoms with Gasteiger partial charge in [0.1, 0.15) is 11.9 Å². The van der Waals surface area contributed by atoms with E-state index in [9.17, 15) is 4.79 Å². The molecule has 5 nitrogen and oxygen atoms in total. The van der Waals surface area contributed by atoms with E-state index in [1.165, 1.54) is 0 Å². The van der Waals surface area contributed by atoms with E-state index < -0.39 is 0 Å². The van der Waals surface area contributed by atoms with Crippen LogP contribution in [-0.2, 0) is 9.53 Å². The maximum atomic E-state index is 12.2. The maximum absolute atomic E-state index is 12.2. The van der Waals surface area contributed by atoms with E-state index in [0.29, 0.717) is 6.54 Å². The molecule has 0 saturated carbocycles. The van der Waals surface area contributed by atoms with Crippen molar-refractivity contribution in [3.05, 3.63) is 29.8 Å². The van der Waals surface area contributed by atoms with E-state index in [1.807, 2.05) is 45.0 Å². The van der Waals surface area contributed by atoms with Crippen molar-refractivity contribution < 1.29 is 14.3 Å². The number of rotatable bonds is 6. The zero-order valence-corrected chi connectivity index (χ0v) is 14.8. The van der Waals surface area contributed by atoms with Gasteiger partial charge in [0.05, 0.1) is 18.2 Å². The first-order valence-corrected chi connectivity index (χ1v) is 7.92. The van der Waals surface area contributed by atoms with Crippen LogP contribution < -0.4 is 15.8 Å². The van der Waals surface area contributed by atoms with Gasteiger partial charge in [-0.3, -0.25) is 4.79 Å². The predicted octanol–water partition coefficient (Wildman–Crippen LogP) is 2.58. The van der Waals surface area contributed by atoms with Crippen LogP contribution in [0.1, 0.15) is 45.2 Å². The lowest BCUT2D eigenvalue weighted by Crippen LogP contribution is -2.37. The standard InChI is InChI=1S/C17H26N2O3.ClH/c1-11(2)21-14-6-4-5-13(9-14)12(3)19-17(20)16-8-7-15(10-18)22-16;/h4-6,9,11-12,15-16H,7-8,10,18H2,1-3H3,(H,19,20);1H/t12?,15-,16+;/m1./s1. The van der Waals surface area contributed by atoms with E-state index in [4.69, 9.17) is 15.2 Å². The van der Waals surface area contributed by atoms with Gasteiger partial charge in [-0.1, -0.05) is 12.1 Å². The second-order valence-electron chi connectivity index (χ2n) is 6.03. The third-order valence-corrected chi connectivity index (χ3v) is 3.75. The first-order chi connectivity index (χ1) is 10.5. The smallest absolute Gasteiger partial charge is 0.249 e. The fourth-order valence-corrected chi connectivity index (χ4v) is 2.59. The fraction of sp³-hybridized carbons (Fsp3) is 0.588. The molecule has 130 valence electrons. The molecule has 1 aromatic rings. The number of carbonyl (C=O) groups is 1. The van der Waals surface area contributed by atoms with Crippen LogP contribution in [0.5, 0.6) is 5.75 Å². The summed E-state index contributed by atoms with van der Waals surface area (Å²) in [5, 5.41) is 3.00. The molecule has 0 aromatic heterocycles. The largest absolute Gasteiger partial charge is 0.491 e. The summed E-state index contributed by atoms with van der Waals surface area (Å²) < 4.78 is 11.3. The van der Waals surface area contributed by atoms with Crippen LogP contribution in [-0.4, -0.2) is 30.8 Å². The Kier molecular flexibility index (Phi) is 7.82. The van der Waals surface area contributed by atoms with Crippen molar-refractivity contribution in [3.8, 4) is 5.75 Å². The van der Waals surface area contributed by atoms with Crippen molar-refractivity contribution in [2.75, 3.05) is 6.54 Å². The van der Waals surface area contributed by atoms with Gasteiger partial charge in [-0.15, -0.1) is 12.4 Å². The summed E-state index contributed by atoms with van der Waals surface area (Å²) in [5.41, 5.74) is 6.59. The maximum Gasteiger partial charge on any atom is 0.249 e. The molecule has 1 amide bonds. The van der Waals surface area contributed by atoms with Gasteiger partial charge >= 0.3 is 0 Å². The van der Waals surface area contributed by atoms with Crippen molar-refractivity contribution >= 4 is 18.3 Å². The monoisotopic (exact) mass is 342 g/mol. The molecule has 6 heteroatoms. The highest BCUT2D eigenvalue weighted by molar-refractivity contribution is 5.85. The highest BCUT2D eigenvalue weighted by atomic mass is 35.5. The lowest BCUT2D eigenvalue weighted by molar-refractivity contribution is -0.132. The van der Waals surface area contributed by atoms with Crippen LogP contribution in [0.2, 0.25) is 0 Å². The lowest BCUT2D eigenvalue weighted by Gasteiger charge is -2.19. The molecule has 2 rings (SSSR count). The van der Waals surface area contributed by atoms with Crippen molar-refractivity contribution in [1.29, 1.82) is 0 Å². The second kappa shape index (κ2) is 9.11. The number of hydrogen-bond acceptors (Lipinski definition) is 4. The van der Waals surface area contributed by atoms with Gasteiger partial charge in [0.2, 0.25) is 5.91 Å². The first-order valence-electron chi connectivity index (χ1n) is 7.92. The Morgan fingerprint density at radius 1 is 1.39 bits per heavy atom. The van der Waals surface area contributed by atoms with Crippen LogP contribution in [0, 0.1) is 0 Å². The average Bonchev–Trinajstić information content (AvgIpc) is 2.95. The second-order valence-corrected chi connectivity index (χ2v) is 6.03. The van der Waals surface area contributed by atoms with Gasteiger partial charge in [-0.2, -0.15) is 0 Å². The van der Waals surface area contributed by atoms with Crippen LogP contribution in [0.4, 0.5) is 0 Å². The third kappa shape index (κ3) is 5.68. The normalized spacial score (nSPS) is 21.6. The predicted molar refractivity (Wildman–Crippen MR) is 93.0 cm³/mol. The van der Waals surface area contributed by atoms with Gasteiger partial charge in [-0.05, 0) is 51.3 Å². The Labute approximate surface area is 144 Å². The first kappa shape index (κ1) is 19.7. The van der Waals surface area contributed by atoms with Crippen molar-refractivity contribution in [1.82, 2.24) is 5.32 Å². The molecule has 1 heterocycles. The minimum Gasteiger partial charge on any atom is -0.491 e. The summed E-state index contributed by atoms with van der Waals surface area (Å²) in [4.78, 5) is 12.2. The molecule has 3 atom stereocenters. The number of nitrogens with one attached hydrogen (secondary N) is 1. The quantitative estimate of drug-likeness (QED) is 0.833. The Morgan fingerprint density at radius 2 is 2.13 bits per heavy atom. The molecule has 1 aliphatic heterocycles. The van der Waals surface area contributed by atoms with Crippen molar-refractivity contribution in [2.24, 2.45) is 5.73 Å². The summed E-state index contributed by atoms with van der Waals surface area (Å²) >= 11 is 0. The molecule has 1 unspecified atom stereocenters. The Balaban J connectivity index is 0.00000264. The summed E-state index contributed by atoms with van der Waals surface area (Å²) in [5.74, 6) is 0.743. The highest BCUT2D eigenvalue weighted by Gasteiger charge is 2.30. The van der Waals surface area contributed by atoms with Gasteiger partial charge in [0, 0.05) is 6.54 Å². The number of ether oxygens (including phenoxy) is 2. The van der Waals surface area contributed by atoms with E-state index in [1.54, 1.807) is 0 Å². The molecule has 1 saturated heterocycles. The molecular formula is C17H27ClN2O3. The van der Waals surface area contributed by atoms with E-state index >= 15 is 0 Å². The van der Waals surface area contributed by atoms with Gasteiger partial charge in [0.25, 0.3) is 0 Å². The van der Waals surface area contributed by atoms with E-state index in [2.05, 4.69) is 5.32 Å². The molecule has 1 aromatic carbocycles. The molecule has 23 heavy (non-hydrogen) atoms. The molecule has 0 radical (unpaired) electrons. The summed E-state index contributed by atoms with van der Waals surface area (Å²) in [7, 11) is 0. The molecule has 0 bridgehead atoms. The number of benzene rings is 1. The van der Waals surface area contributed by atoms with Gasteiger partial charge in [0.15, 0.2) is 0 Å². The lowest BCUT2D eigenvalue weighted by atomic mass is 10.1. The molecule has 0 aliphatic carbocycles. The number of halogens is 1. The molecule has 1 fully saturated rings. The molecule has 1 aliphatic rings. The number of amides is 1. The summed E-state index contributed by atoms with van der Waals surface area (Å²) in [6, 6.07) is 7.71. The van der Waals surface area contributed by atoms with Crippen LogP contribution in [0.15, 0.2) is 24.3 Å². The topological polar surface area (TPSA) is 73.6 Å². The van der Waals surface area contributed by atoms with Crippen LogP contribution >= 0.6 is 12.4 Å². The fourth-order valence-electron chi connectivity index (χ4n) is 2.59. The zero-order valence-electron chi connectivity index (χ0n) is 14.0. The summed E-state index contributed by atoms with van der Waals surface area (Å²) in [6.45, 7) is 6.40. The van der Waals surface area contributed by atoms with Crippen LogP contribution in [0.3, 0.4) is 0 Å². The van der Waals surface area contributed by atoms with Gasteiger partial charge in [-0.25, -0.2) is 0 Å². The zero-order chi connectivity index (χ0) is 16.1. The molecule has 3 N–H and O–H groups in total. The average molecular weight is 343 g/mol. The highest BCUT2D eigenvalue weighted by Crippen LogP contribution is 2.22. The molecular weight excluding hydrogens is 316 g/mol. The Bertz CT molecular complexity index is 510. The van der Waals surface area contributed by atoms with E-state index in [-0.39, 0.29) is 42.7 Å². The number of nitrogens with two attached hydrogens (primary N) is 1. The Hall–Kier alpha value is -1.30. The third-order valence-electron chi connectivity index (χ3n) is 3.75. The van der Waals surface area contributed by atoms with Crippen molar-refractivity contribution in [3.63, 3.8) is 0 Å².